The van der Waals surface area contributed by atoms with Crippen LogP contribution in [0.4, 0.5) is 4.39 Å². The van der Waals surface area contributed by atoms with Gasteiger partial charge in [-0.05, 0) is 51.6 Å². The topological polar surface area (TPSA) is 21.1 Å². The maximum Gasteiger partial charge on any atom is 0.126 e. The predicted molar refractivity (Wildman–Crippen MR) is 80.1 cm³/mol. The molecule has 0 aliphatic carbocycles. The quantitative estimate of drug-likeness (QED) is 0.834. The summed E-state index contributed by atoms with van der Waals surface area (Å²) in [6, 6.07) is 5.64. The Morgan fingerprint density at radius 2 is 2.10 bits per heavy atom. The molecule has 0 amide bonds. The minimum Gasteiger partial charge on any atom is -0.336 e. The molecular weight excluding hydrogens is 253 g/mol. The third kappa shape index (κ3) is 3.45. The molecule has 1 aromatic heterocycles. The molecule has 2 rings (SSSR count). The molecule has 1 aromatic carbocycles. The number of hydrogen-bond donors (Lipinski definition) is 0. The lowest BCUT2D eigenvalue weighted by atomic mass is 10.1. The van der Waals surface area contributed by atoms with Gasteiger partial charge in [0, 0.05) is 30.9 Å². The molecule has 1 heterocycles. The average Bonchev–Trinajstić information content (AvgIpc) is 2.87. The number of nitrogens with zero attached hydrogens (tertiary/aromatic N) is 3. The van der Waals surface area contributed by atoms with E-state index in [1.54, 1.807) is 13.0 Å². The second-order valence-corrected chi connectivity index (χ2v) is 5.54. The Kier molecular flexibility index (Phi) is 4.55. The van der Waals surface area contributed by atoms with Crippen molar-refractivity contribution in [3.63, 3.8) is 0 Å². The van der Waals surface area contributed by atoms with Gasteiger partial charge in [0.1, 0.15) is 5.82 Å². The van der Waals surface area contributed by atoms with Gasteiger partial charge in [0.15, 0.2) is 0 Å². The minimum absolute atomic E-state index is 0.174. The summed E-state index contributed by atoms with van der Waals surface area (Å²) in [5.41, 5.74) is 2.50. The number of rotatable bonds is 5. The highest BCUT2D eigenvalue weighted by Crippen LogP contribution is 2.20. The van der Waals surface area contributed by atoms with E-state index in [-0.39, 0.29) is 5.82 Å². The van der Waals surface area contributed by atoms with Crippen molar-refractivity contribution in [3.05, 3.63) is 42.1 Å². The fraction of sp³-hybridized carbons (Fsp3) is 0.438. The lowest BCUT2D eigenvalue weighted by Crippen LogP contribution is -2.29. The van der Waals surface area contributed by atoms with Crippen molar-refractivity contribution < 1.29 is 4.39 Å². The molecule has 0 unspecified atom stereocenters. The first-order chi connectivity index (χ1) is 9.47. The highest BCUT2D eigenvalue weighted by Gasteiger charge is 2.06. The van der Waals surface area contributed by atoms with Gasteiger partial charge in [0.2, 0.25) is 0 Å². The van der Waals surface area contributed by atoms with E-state index in [4.69, 9.17) is 0 Å². The SMILES string of the molecule is Cc1cc(-c2cn(CCN(C)C(C)C)cn2)ccc1F. The second-order valence-electron chi connectivity index (χ2n) is 5.54. The van der Waals surface area contributed by atoms with Crippen LogP contribution in [0.15, 0.2) is 30.7 Å². The molecule has 2 aromatic rings. The summed E-state index contributed by atoms with van der Waals surface area (Å²) in [4.78, 5) is 6.70. The third-order valence-electron chi connectivity index (χ3n) is 3.68. The summed E-state index contributed by atoms with van der Waals surface area (Å²) in [5.74, 6) is -0.174. The fourth-order valence-corrected chi connectivity index (χ4v) is 1.97. The number of likely N-dealkylation sites (N-methyl/N-ethyl adjacent to an activating group) is 1. The van der Waals surface area contributed by atoms with Crippen molar-refractivity contribution in [1.82, 2.24) is 14.5 Å². The van der Waals surface area contributed by atoms with E-state index in [1.165, 1.54) is 6.07 Å². The van der Waals surface area contributed by atoms with E-state index in [0.29, 0.717) is 11.6 Å². The van der Waals surface area contributed by atoms with Gasteiger partial charge in [-0.25, -0.2) is 9.37 Å². The fourth-order valence-electron chi connectivity index (χ4n) is 1.97. The molecule has 108 valence electrons. The molecule has 0 aliphatic rings. The minimum atomic E-state index is -0.174. The van der Waals surface area contributed by atoms with Crippen LogP contribution in [0, 0.1) is 12.7 Å². The van der Waals surface area contributed by atoms with Gasteiger partial charge in [-0.15, -0.1) is 0 Å². The van der Waals surface area contributed by atoms with Crippen LogP contribution in [0.3, 0.4) is 0 Å². The van der Waals surface area contributed by atoms with Crippen LogP contribution in [0.1, 0.15) is 19.4 Å². The first-order valence-electron chi connectivity index (χ1n) is 6.96. The van der Waals surface area contributed by atoms with Crippen LogP contribution in [0.2, 0.25) is 0 Å². The van der Waals surface area contributed by atoms with Gasteiger partial charge in [-0.1, -0.05) is 0 Å². The summed E-state index contributed by atoms with van der Waals surface area (Å²) in [5, 5.41) is 0. The van der Waals surface area contributed by atoms with E-state index in [1.807, 2.05) is 18.6 Å². The van der Waals surface area contributed by atoms with Gasteiger partial charge in [-0.2, -0.15) is 0 Å². The van der Waals surface area contributed by atoms with Crippen molar-refractivity contribution in [2.45, 2.75) is 33.4 Å². The summed E-state index contributed by atoms with van der Waals surface area (Å²) < 4.78 is 15.4. The Morgan fingerprint density at radius 3 is 2.75 bits per heavy atom. The first kappa shape index (κ1) is 14.7. The smallest absolute Gasteiger partial charge is 0.126 e. The van der Waals surface area contributed by atoms with Crippen LogP contribution < -0.4 is 0 Å². The molecule has 0 saturated heterocycles. The lowest BCUT2D eigenvalue weighted by Gasteiger charge is -2.20. The van der Waals surface area contributed by atoms with E-state index in [0.717, 1.165) is 24.3 Å². The number of imidazole rings is 1. The Balaban J connectivity index is 2.06. The zero-order chi connectivity index (χ0) is 14.7. The molecule has 3 nitrogen and oxygen atoms in total. The zero-order valence-electron chi connectivity index (χ0n) is 12.6. The molecule has 0 N–H and O–H groups in total. The van der Waals surface area contributed by atoms with Gasteiger partial charge in [0.05, 0.1) is 12.0 Å². The molecule has 0 aliphatic heterocycles. The summed E-state index contributed by atoms with van der Waals surface area (Å²) in [6.07, 6.45) is 3.85. The number of aromatic nitrogens is 2. The summed E-state index contributed by atoms with van der Waals surface area (Å²) in [7, 11) is 2.12. The van der Waals surface area contributed by atoms with Crippen LogP contribution >= 0.6 is 0 Å². The van der Waals surface area contributed by atoms with Crippen molar-refractivity contribution in [3.8, 4) is 11.3 Å². The van der Waals surface area contributed by atoms with Gasteiger partial charge >= 0.3 is 0 Å². The lowest BCUT2D eigenvalue weighted by molar-refractivity contribution is 0.263. The van der Waals surface area contributed by atoms with Gasteiger partial charge < -0.3 is 9.47 Å². The van der Waals surface area contributed by atoms with Crippen molar-refractivity contribution in [2.75, 3.05) is 13.6 Å². The molecular formula is C16H22FN3. The second kappa shape index (κ2) is 6.18. The maximum atomic E-state index is 13.3. The highest BCUT2D eigenvalue weighted by atomic mass is 19.1. The Hall–Kier alpha value is -1.68. The Morgan fingerprint density at radius 1 is 1.35 bits per heavy atom. The van der Waals surface area contributed by atoms with Crippen molar-refractivity contribution >= 4 is 0 Å². The molecule has 0 atom stereocenters. The average molecular weight is 275 g/mol. The molecule has 0 bridgehead atoms. The van der Waals surface area contributed by atoms with Crippen LogP contribution in [-0.2, 0) is 6.54 Å². The number of hydrogen-bond acceptors (Lipinski definition) is 2. The van der Waals surface area contributed by atoms with E-state index in [9.17, 15) is 4.39 Å². The number of aryl methyl sites for hydroxylation is 1. The van der Waals surface area contributed by atoms with Crippen LogP contribution in [-0.4, -0.2) is 34.1 Å². The molecule has 0 radical (unpaired) electrons. The van der Waals surface area contributed by atoms with Gasteiger partial charge in [-0.3, -0.25) is 0 Å². The number of benzene rings is 1. The molecule has 4 heteroatoms. The van der Waals surface area contributed by atoms with Crippen LogP contribution in [0.25, 0.3) is 11.3 Å². The van der Waals surface area contributed by atoms with E-state index < -0.39 is 0 Å². The Bertz CT molecular complexity index is 575. The standard InChI is InChI=1S/C16H22FN3/c1-12(2)19(4)7-8-20-10-16(18-11-20)14-5-6-15(17)13(3)9-14/h5-6,9-12H,7-8H2,1-4H3. The Labute approximate surface area is 120 Å². The van der Waals surface area contributed by atoms with Crippen molar-refractivity contribution in [1.29, 1.82) is 0 Å². The molecule has 0 fully saturated rings. The van der Waals surface area contributed by atoms with Crippen molar-refractivity contribution in [2.24, 2.45) is 0 Å². The number of halogens is 1. The molecule has 0 spiro atoms. The highest BCUT2D eigenvalue weighted by molar-refractivity contribution is 5.59. The van der Waals surface area contributed by atoms with E-state index >= 15 is 0 Å². The largest absolute Gasteiger partial charge is 0.336 e. The third-order valence-corrected chi connectivity index (χ3v) is 3.68. The van der Waals surface area contributed by atoms with E-state index in [2.05, 4.69) is 35.3 Å². The molecule has 0 saturated carbocycles. The van der Waals surface area contributed by atoms with Gasteiger partial charge in [0.25, 0.3) is 0 Å². The predicted octanol–water partition coefficient (Wildman–Crippen LogP) is 3.34. The maximum absolute atomic E-state index is 13.3. The van der Waals surface area contributed by atoms with Crippen LogP contribution in [0.5, 0.6) is 0 Å². The summed E-state index contributed by atoms with van der Waals surface area (Å²) >= 11 is 0. The normalized spacial score (nSPS) is 11.6. The molecule has 20 heavy (non-hydrogen) atoms. The summed E-state index contributed by atoms with van der Waals surface area (Å²) in [6.45, 7) is 8.02. The first-order valence-corrected chi connectivity index (χ1v) is 6.96. The monoisotopic (exact) mass is 275 g/mol. The zero-order valence-corrected chi connectivity index (χ0v) is 12.6.